The molecule has 1 N–H and O–H groups in total. The van der Waals surface area contributed by atoms with Crippen LogP contribution in [0.5, 0.6) is 0 Å². The Morgan fingerprint density at radius 1 is 1.39 bits per heavy atom. The van der Waals surface area contributed by atoms with Crippen LogP contribution in [-0.4, -0.2) is 38.0 Å². The molecule has 0 radical (unpaired) electrons. The predicted octanol–water partition coefficient (Wildman–Crippen LogP) is 2.12. The van der Waals surface area contributed by atoms with Gasteiger partial charge in [-0.3, -0.25) is 4.79 Å². The standard InChI is InChI=1S/C14H19ClN2O/c1-16-14(18)13-9-17(2)8-7-12(13)10-3-5-11(15)6-4-10/h3-6,12-13H,7-9H2,1-2H3,(H,16,18)/t12-,13+/m1/s1. The predicted molar refractivity (Wildman–Crippen MR) is 73.9 cm³/mol. The first-order chi connectivity index (χ1) is 8.61. The molecule has 0 bridgehead atoms. The lowest BCUT2D eigenvalue weighted by atomic mass is 9.80. The average molecular weight is 267 g/mol. The first-order valence-corrected chi connectivity index (χ1v) is 6.65. The van der Waals surface area contributed by atoms with Gasteiger partial charge >= 0.3 is 0 Å². The SMILES string of the molecule is CNC(=O)[C@H]1CN(C)CC[C@@H]1c1ccc(Cl)cc1. The zero-order valence-corrected chi connectivity index (χ0v) is 11.6. The number of rotatable bonds is 2. The summed E-state index contributed by atoms with van der Waals surface area (Å²) in [6.45, 7) is 1.84. The molecule has 3 nitrogen and oxygen atoms in total. The van der Waals surface area contributed by atoms with Gasteiger partial charge in [0.15, 0.2) is 0 Å². The molecule has 1 aromatic carbocycles. The molecule has 1 aromatic rings. The van der Waals surface area contributed by atoms with Gasteiger partial charge in [0.1, 0.15) is 0 Å². The lowest BCUT2D eigenvalue weighted by Crippen LogP contribution is -2.44. The highest BCUT2D eigenvalue weighted by atomic mass is 35.5. The minimum Gasteiger partial charge on any atom is -0.359 e. The maximum Gasteiger partial charge on any atom is 0.224 e. The van der Waals surface area contributed by atoms with E-state index < -0.39 is 0 Å². The van der Waals surface area contributed by atoms with Crippen molar-refractivity contribution in [1.82, 2.24) is 10.2 Å². The number of hydrogen-bond acceptors (Lipinski definition) is 2. The fraction of sp³-hybridized carbons (Fsp3) is 0.500. The molecule has 1 fully saturated rings. The van der Waals surface area contributed by atoms with E-state index in [-0.39, 0.29) is 11.8 Å². The van der Waals surface area contributed by atoms with E-state index in [1.54, 1.807) is 7.05 Å². The molecule has 1 heterocycles. The second-order valence-corrected chi connectivity index (χ2v) is 5.37. The van der Waals surface area contributed by atoms with Crippen LogP contribution < -0.4 is 5.32 Å². The molecule has 1 aliphatic rings. The van der Waals surface area contributed by atoms with Crippen LogP contribution >= 0.6 is 11.6 Å². The number of amides is 1. The molecular formula is C14H19ClN2O. The molecule has 18 heavy (non-hydrogen) atoms. The van der Waals surface area contributed by atoms with Gasteiger partial charge in [-0.05, 0) is 43.6 Å². The van der Waals surface area contributed by atoms with Crippen molar-refractivity contribution in [3.63, 3.8) is 0 Å². The molecule has 4 heteroatoms. The fourth-order valence-corrected chi connectivity index (χ4v) is 2.80. The van der Waals surface area contributed by atoms with Gasteiger partial charge in [0.25, 0.3) is 0 Å². The summed E-state index contributed by atoms with van der Waals surface area (Å²) in [7, 11) is 3.77. The summed E-state index contributed by atoms with van der Waals surface area (Å²) in [5.74, 6) is 0.440. The fourth-order valence-electron chi connectivity index (χ4n) is 2.67. The summed E-state index contributed by atoms with van der Waals surface area (Å²) in [6.07, 6.45) is 1.01. The third kappa shape index (κ3) is 2.85. The van der Waals surface area contributed by atoms with Gasteiger partial charge in [-0.15, -0.1) is 0 Å². The normalized spacial score (nSPS) is 24.8. The number of hydrogen-bond donors (Lipinski definition) is 1. The van der Waals surface area contributed by atoms with Crippen LogP contribution in [0, 0.1) is 5.92 Å². The van der Waals surface area contributed by atoms with E-state index >= 15 is 0 Å². The van der Waals surface area contributed by atoms with Gasteiger partial charge in [-0.2, -0.15) is 0 Å². The summed E-state index contributed by atoms with van der Waals surface area (Å²) < 4.78 is 0. The number of nitrogens with zero attached hydrogens (tertiary/aromatic N) is 1. The van der Waals surface area contributed by atoms with Crippen molar-refractivity contribution in [2.24, 2.45) is 5.92 Å². The summed E-state index contributed by atoms with van der Waals surface area (Å²) in [6, 6.07) is 7.87. The van der Waals surface area contributed by atoms with Crippen LogP contribution in [0.1, 0.15) is 17.9 Å². The lowest BCUT2D eigenvalue weighted by Gasteiger charge is -2.36. The summed E-state index contributed by atoms with van der Waals surface area (Å²) in [5.41, 5.74) is 1.21. The second-order valence-electron chi connectivity index (χ2n) is 4.93. The molecule has 2 rings (SSSR count). The van der Waals surface area contributed by atoms with Gasteiger partial charge in [0.05, 0.1) is 5.92 Å². The Hall–Kier alpha value is -1.06. The van der Waals surface area contributed by atoms with Crippen LogP contribution in [0.3, 0.4) is 0 Å². The minimum atomic E-state index is 0.0231. The summed E-state index contributed by atoms with van der Waals surface area (Å²) >= 11 is 5.91. The van der Waals surface area contributed by atoms with Crippen molar-refractivity contribution in [2.45, 2.75) is 12.3 Å². The molecule has 2 atom stereocenters. The van der Waals surface area contributed by atoms with E-state index in [1.807, 2.05) is 24.3 Å². The Kier molecular flexibility index (Phi) is 4.25. The average Bonchev–Trinajstić information content (AvgIpc) is 2.39. The monoisotopic (exact) mass is 266 g/mol. The summed E-state index contributed by atoms with van der Waals surface area (Å²) in [4.78, 5) is 14.2. The third-order valence-corrected chi connectivity index (χ3v) is 3.95. The highest BCUT2D eigenvalue weighted by molar-refractivity contribution is 6.30. The van der Waals surface area contributed by atoms with E-state index in [2.05, 4.69) is 17.3 Å². The Morgan fingerprint density at radius 2 is 2.06 bits per heavy atom. The first kappa shape index (κ1) is 13.4. The molecule has 1 saturated heterocycles. The zero-order chi connectivity index (χ0) is 13.1. The Balaban J connectivity index is 2.23. The Bertz CT molecular complexity index is 418. The number of halogens is 1. The number of benzene rings is 1. The molecule has 98 valence electrons. The van der Waals surface area contributed by atoms with E-state index in [4.69, 9.17) is 11.6 Å². The first-order valence-electron chi connectivity index (χ1n) is 6.27. The van der Waals surface area contributed by atoms with Crippen molar-refractivity contribution in [1.29, 1.82) is 0 Å². The van der Waals surface area contributed by atoms with Crippen molar-refractivity contribution < 1.29 is 4.79 Å². The molecule has 0 unspecified atom stereocenters. The molecule has 1 aliphatic heterocycles. The van der Waals surface area contributed by atoms with Gasteiger partial charge < -0.3 is 10.2 Å². The molecule has 1 amide bonds. The summed E-state index contributed by atoms with van der Waals surface area (Å²) in [5, 5.41) is 3.51. The zero-order valence-electron chi connectivity index (χ0n) is 10.8. The number of piperidine rings is 1. The molecule has 0 spiro atoms. The topological polar surface area (TPSA) is 32.3 Å². The number of nitrogens with one attached hydrogen (secondary N) is 1. The van der Waals surface area contributed by atoms with Crippen molar-refractivity contribution in [2.75, 3.05) is 27.2 Å². The van der Waals surface area contributed by atoms with Crippen molar-refractivity contribution >= 4 is 17.5 Å². The maximum absolute atomic E-state index is 12.0. The molecule has 0 aliphatic carbocycles. The van der Waals surface area contributed by atoms with Crippen LogP contribution in [-0.2, 0) is 4.79 Å². The van der Waals surface area contributed by atoms with Gasteiger partial charge in [0.2, 0.25) is 5.91 Å². The quantitative estimate of drug-likeness (QED) is 0.889. The Labute approximate surface area is 113 Å². The molecule has 0 aromatic heterocycles. The van der Waals surface area contributed by atoms with E-state index in [9.17, 15) is 4.79 Å². The van der Waals surface area contributed by atoms with Gasteiger partial charge in [0, 0.05) is 18.6 Å². The maximum atomic E-state index is 12.0. The van der Waals surface area contributed by atoms with Gasteiger partial charge in [-0.1, -0.05) is 23.7 Å². The van der Waals surface area contributed by atoms with Crippen molar-refractivity contribution in [3.8, 4) is 0 Å². The van der Waals surface area contributed by atoms with Crippen LogP contribution in [0.15, 0.2) is 24.3 Å². The highest BCUT2D eigenvalue weighted by Crippen LogP contribution is 2.33. The number of likely N-dealkylation sites (tertiary alicyclic amines) is 1. The van der Waals surface area contributed by atoms with Crippen LogP contribution in [0.25, 0.3) is 0 Å². The van der Waals surface area contributed by atoms with E-state index in [0.29, 0.717) is 5.92 Å². The third-order valence-electron chi connectivity index (χ3n) is 3.70. The van der Waals surface area contributed by atoms with Crippen molar-refractivity contribution in [3.05, 3.63) is 34.9 Å². The molecule has 0 saturated carbocycles. The second kappa shape index (κ2) is 5.72. The van der Waals surface area contributed by atoms with Gasteiger partial charge in [-0.25, -0.2) is 0 Å². The lowest BCUT2D eigenvalue weighted by molar-refractivity contribution is -0.126. The number of carbonyl (C=O) groups is 1. The number of carbonyl (C=O) groups excluding carboxylic acids is 1. The van der Waals surface area contributed by atoms with Crippen LogP contribution in [0.2, 0.25) is 5.02 Å². The smallest absolute Gasteiger partial charge is 0.224 e. The van der Waals surface area contributed by atoms with E-state index in [1.165, 1.54) is 5.56 Å². The highest BCUT2D eigenvalue weighted by Gasteiger charge is 2.33. The van der Waals surface area contributed by atoms with E-state index in [0.717, 1.165) is 24.5 Å². The molecular weight excluding hydrogens is 248 g/mol. The minimum absolute atomic E-state index is 0.0231. The Morgan fingerprint density at radius 3 is 2.67 bits per heavy atom. The van der Waals surface area contributed by atoms with Crippen LogP contribution in [0.4, 0.5) is 0 Å². The largest absolute Gasteiger partial charge is 0.359 e.